The van der Waals surface area contributed by atoms with E-state index in [1.54, 1.807) is 7.05 Å². The van der Waals surface area contributed by atoms with Gasteiger partial charge in [-0.3, -0.25) is 14.6 Å². The highest BCUT2D eigenvalue weighted by molar-refractivity contribution is 5.79. The first kappa shape index (κ1) is 22.3. The maximum absolute atomic E-state index is 13.0. The van der Waals surface area contributed by atoms with E-state index in [0.717, 1.165) is 13.0 Å². The molecule has 1 aromatic heterocycles. The molecule has 0 atom stereocenters. The number of aromatic nitrogens is 2. The summed E-state index contributed by atoms with van der Waals surface area (Å²) in [6.07, 6.45) is -2.18. The second-order valence-electron chi connectivity index (χ2n) is 6.81. The minimum absolute atomic E-state index is 0.00642. The molecule has 0 fully saturated rings. The summed E-state index contributed by atoms with van der Waals surface area (Å²) in [4.78, 5) is 6.45. The molecule has 0 spiro atoms. The summed E-state index contributed by atoms with van der Waals surface area (Å²) in [5.41, 5.74) is -0.777. The minimum atomic E-state index is -4.47. The summed E-state index contributed by atoms with van der Waals surface area (Å²) in [6.45, 7) is 10.3. The summed E-state index contributed by atoms with van der Waals surface area (Å²) in [7, 11) is 3.07. The number of halogens is 3. The van der Waals surface area contributed by atoms with E-state index in [1.165, 1.54) is 17.9 Å². The van der Waals surface area contributed by atoms with Gasteiger partial charge in [-0.25, -0.2) is 0 Å². The van der Waals surface area contributed by atoms with Crippen molar-refractivity contribution in [2.24, 2.45) is 12.0 Å². The van der Waals surface area contributed by atoms with Crippen LogP contribution in [0.25, 0.3) is 0 Å². The van der Waals surface area contributed by atoms with Crippen LogP contribution < -0.4 is 10.6 Å². The van der Waals surface area contributed by atoms with Crippen molar-refractivity contribution >= 4 is 5.96 Å². The average molecular weight is 376 g/mol. The van der Waals surface area contributed by atoms with Crippen LogP contribution in [0.2, 0.25) is 0 Å². The molecule has 0 aromatic carbocycles. The number of alkyl halides is 3. The molecule has 9 heteroatoms. The molecule has 0 aliphatic heterocycles. The first-order valence-corrected chi connectivity index (χ1v) is 8.86. The Morgan fingerprint density at radius 1 is 1.23 bits per heavy atom. The fourth-order valence-corrected chi connectivity index (χ4v) is 2.89. The van der Waals surface area contributed by atoms with Crippen LogP contribution in [0, 0.1) is 0 Å². The SMILES string of the molecule is CN=C(NCCCN(C(C)C)C(C)C)NCc1cn(C)nc1C(F)(F)F. The van der Waals surface area contributed by atoms with E-state index in [9.17, 15) is 13.2 Å². The first-order valence-electron chi connectivity index (χ1n) is 8.86. The van der Waals surface area contributed by atoms with E-state index in [4.69, 9.17) is 0 Å². The zero-order chi connectivity index (χ0) is 19.9. The van der Waals surface area contributed by atoms with Crippen LogP contribution in [0.15, 0.2) is 11.2 Å². The van der Waals surface area contributed by atoms with Gasteiger partial charge in [0.15, 0.2) is 11.7 Å². The Morgan fingerprint density at radius 2 is 1.85 bits per heavy atom. The van der Waals surface area contributed by atoms with E-state index in [2.05, 4.69) is 53.3 Å². The smallest absolute Gasteiger partial charge is 0.356 e. The Labute approximate surface area is 153 Å². The number of rotatable bonds is 8. The molecule has 0 saturated carbocycles. The lowest BCUT2D eigenvalue weighted by Crippen LogP contribution is -2.41. The van der Waals surface area contributed by atoms with Crippen molar-refractivity contribution in [1.82, 2.24) is 25.3 Å². The van der Waals surface area contributed by atoms with E-state index >= 15 is 0 Å². The van der Waals surface area contributed by atoms with Crippen molar-refractivity contribution in [2.75, 3.05) is 20.1 Å². The maximum Gasteiger partial charge on any atom is 0.435 e. The molecule has 6 nitrogen and oxygen atoms in total. The van der Waals surface area contributed by atoms with Crippen molar-refractivity contribution in [3.05, 3.63) is 17.5 Å². The predicted octanol–water partition coefficient (Wildman–Crippen LogP) is 2.61. The molecule has 0 saturated heterocycles. The third kappa shape index (κ3) is 6.86. The Morgan fingerprint density at radius 3 is 2.35 bits per heavy atom. The van der Waals surface area contributed by atoms with Gasteiger partial charge in [0.1, 0.15) is 0 Å². The van der Waals surface area contributed by atoms with Crippen molar-refractivity contribution < 1.29 is 13.2 Å². The lowest BCUT2D eigenvalue weighted by Gasteiger charge is -2.30. The molecule has 150 valence electrons. The molecule has 0 aliphatic carbocycles. The van der Waals surface area contributed by atoms with Crippen LogP contribution in [-0.4, -0.2) is 52.9 Å². The topological polar surface area (TPSA) is 57.5 Å². The average Bonchev–Trinajstić information content (AvgIpc) is 2.90. The van der Waals surface area contributed by atoms with Gasteiger partial charge in [-0.15, -0.1) is 0 Å². The fraction of sp³-hybridized carbons (Fsp3) is 0.765. The predicted molar refractivity (Wildman–Crippen MR) is 98.0 cm³/mol. The number of aryl methyl sites for hydroxylation is 1. The van der Waals surface area contributed by atoms with Crippen molar-refractivity contribution in [3.63, 3.8) is 0 Å². The van der Waals surface area contributed by atoms with Gasteiger partial charge in [0.2, 0.25) is 0 Å². The quantitative estimate of drug-likeness (QED) is 0.416. The molecular formula is C17H31F3N6. The second-order valence-corrected chi connectivity index (χ2v) is 6.81. The highest BCUT2D eigenvalue weighted by Gasteiger charge is 2.36. The van der Waals surface area contributed by atoms with Crippen LogP contribution >= 0.6 is 0 Å². The summed E-state index contributed by atoms with van der Waals surface area (Å²) in [6, 6.07) is 0.942. The Balaban J connectivity index is 2.50. The summed E-state index contributed by atoms with van der Waals surface area (Å²) >= 11 is 0. The van der Waals surface area contributed by atoms with E-state index < -0.39 is 11.9 Å². The number of guanidine groups is 1. The second kappa shape index (κ2) is 9.80. The van der Waals surface area contributed by atoms with E-state index in [-0.39, 0.29) is 12.1 Å². The number of hydrogen-bond acceptors (Lipinski definition) is 3. The molecule has 0 radical (unpaired) electrons. The zero-order valence-corrected chi connectivity index (χ0v) is 16.5. The lowest BCUT2D eigenvalue weighted by molar-refractivity contribution is -0.142. The Hall–Kier alpha value is -1.77. The summed E-state index contributed by atoms with van der Waals surface area (Å²) < 4.78 is 40.1. The van der Waals surface area contributed by atoms with Gasteiger partial charge in [-0.2, -0.15) is 18.3 Å². The van der Waals surface area contributed by atoms with Gasteiger partial charge in [0.05, 0.1) is 0 Å². The van der Waals surface area contributed by atoms with Crippen LogP contribution in [-0.2, 0) is 19.8 Å². The third-order valence-electron chi connectivity index (χ3n) is 4.06. The molecule has 1 rings (SSSR count). The van der Waals surface area contributed by atoms with Gasteiger partial charge in [0, 0.05) is 57.6 Å². The Bertz CT molecular complexity index is 570. The van der Waals surface area contributed by atoms with Gasteiger partial charge in [0.25, 0.3) is 0 Å². The largest absolute Gasteiger partial charge is 0.435 e. The van der Waals surface area contributed by atoms with E-state index in [1.807, 2.05) is 0 Å². The molecule has 0 aliphatic rings. The number of hydrogen-bond donors (Lipinski definition) is 2. The fourth-order valence-electron chi connectivity index (χ4n) is 2.89. The summed E-state index contributed by atoms with van der Waals surface area (Å²) in [5.74, 6) is 0.475. The van der Waals surface area contributed by atoms with Crippen molar-refractivity contribution in [2.45, 2.75) is 58.9 Å². The molecule has 0 unspecified atom stereocenters. The number of aliphatic imine (C=N–C) groups is 1. The summed E-state index contributed by atoms with van der Waals surface area (Å²) in [5, 5.41) is 9.56. The van der Waals surface area contributed by atoms with Gasteiger partial charge < -0.3 is 10.6 Å². The molecular weight excluding hydrogens is 345 g/mol. The normalized spacial score (nSPS) is 13.2. The van der Waals surface area contributed by atoms with Crippen LogP contribution in [0.1, 0.15) is 45.4 Å². The number of nitrogens with zero attached hydrogens (tertiary/aromatic N) is 4. The van der Waals surface area contributed by atoms with Gasteiger partial charge >= 0.3 is 6.18 Å². The maximum atomic E-state index is 13.0. The van der Waals surface area contributed by atoms with Crippen LogP contribution in [0.3, 0.4) is 0 Å². The molecule has 0 bridgehead atoms. The van der Waals surface area contributed by atoms with E-state index in [0.29, 0.717) is 24.6 Å². The van der Waals surface area contributed by atoms with Crippen LogP contribution in [0.5, 0.6) is 0 Å². The molecule has 1 aromatic rings. The van der Waals surface area contributed by atoms with Crippen molar-refractivity contribution in [3.8, 4) is 0 Å². The van der Waals surface area contributed by atoms with Gasteiger partial charge in [-0.05, 0) is 34.1 Å². The monoisotopic (exact) mass is 376 g/mol. The molecule has 2 N–H and O–H groups in total. The molecule has 26 heavy (non-hydrogen) atoms. The number of nitrogens with one attached hydrogen (secondary N) is 2. The lowest BCUT2D eigenvalue weighted by atomic mass is 10.2. The standard InChI is InChI=1S/C17H31F3N6/c1-12(2)26(13(3)4)9-7-8-22-16(21-5)23-10-14-11-25(6)24-15(14)17(18,19)20/h11-13H,7-10H2,1-6H3,(H2,21,22,23). The van der Waals surface area contributed by atoms with Gasteiger partial charge in [-0.1, -0.05) is 0 Å². The molecule has 1 heterocycles. The van der Waals surface area contributed by atoms with Crippen LogP contribution in [0.4, 0.5) is 13.2 Å². The third-order valence-corrected chi connectivity index (χ3v) is 4.06. The highest BCUT2D eigenvalue weighted by atomic mass is 19.4. The highest BCUT2D eigenvalue weighted by Crippen LogP contribution is 2.30. The minimum Gasteiger partial charge on any atom is -0.356 e. The Kier molecular flexibility index (Phi) is 8.39. The zero-order valence-electron chi connectivity index (χ0n) is 16.5. The van der Waals surface area contributed by atoms with Crippen molar-refractivity contribution in [1.29, 1.82) is 0 Å². The first-order chi connectivity index (χ1) is 12.1. The molecule has 0 amide bonds.